The molecular formula is C24H43N3O4. The molecule has 1 aliphatic heterocycles. The molecule has 31 heavy (non-hydrogen) atoms. The van der Waals surface area contributed by atoms with Gasteiger partial charge in [0, 0.05) is 18.7 Å². The molecule has 3 atom stereocenters. The highest BCUT2D eigenvalue weighted by molar-refractivity contribution is 5.91. The van der Waals surface area contributed by atoms with E-state index >= 15 is 0 Å². The number of hydrogen-bond acceptors (Lipinski definition) is 4. The second kappa shape index (κ2) is 11.1. The Morgan fingerprint density at radius 3 is 2.16 bits per heavy atom. The van der Waals surface area contributed by atoms with Crippen LogP contribution in [0.25, 0.3) is 0 Å². The highest BCUT2D eigenvalue weighted by Gasteiger charge is 2.39. The average molecular weight is 438 g/mol. The number of carboxylic acid groups (broad SMARTS) is 1. The van der Waals surface area contributed by atoms with Gasteiger partial charge in [-0.05, 0) is 51.5 Å². The van der Waals surface area contributed by atoms with E-state index in [-0.39, 0.29) is 41.4 Å². The average Bonchev–Trinajstić information content (AvgIpc) is 2.67. The zero-order valence-electron chi connectivity index (χ0n) is 20.9. The molecule has 0 radical (unpaired) electrons. The summed E-state index contributed by atoms with van der Waals surface area (Å²) < 4.78 is 0. The normalized spacial score (nSPS) is 20.5. The molecule has 178 valence electrons. The Hall–Kier alpha value is -1.89. The van der Waals surface area contributed by atoms with Crippen LogP contribution in [0.4, 0.5) is 0 Å². The molecule has 1 rings (SSSR count). The van der Waals surface area contributed by atoms with Gasteiger partial charge in [-0.3, -0.25) is 14.5 Å². The number of carboxylic acids is 1. The topological polar surface area (TPSA) is 90.0 Å². The number of amides is 2. The maximum Gasteiger partial charge on any atom is 0.331 e. The van der Waals surface area contributed by atoms with Crippen LogP contribution in [-0.4, -0.2) is 70.4 Å². The minimum absolute atomic E-state index is 0.0225. The van der Waals surface area contributed by atoms with E-state index in [0.717, 1.165) is 25.8 Å². The van der Waals surface area contributed by atoms with E-state index in [1.807, 2.05) is 34.6 Å². The summed E-state index contributed by atoms with van der Waals surface area (Å²) in [6.07, 6.45) is 4.50. The molecule has 0 aromatic heterocycles. The number of carbonyl (C=O) groups excluding carboxylic acids is 2. The number of likely N-dealkylation sites (tertiary alicyclic amines) is 1. The van der Waals surface area contributed by atoms with E-state index < -0.39 is 17.4 Å². The number of rotatable bonds is 8. The van der Waals surface area contributed by atoms with Crippen molar-refractivity contribution in [3.05, 3.63) is 11.6 Å². The van der Waals surface area contributed by atoms with E-state index in [1.54, 1.807) is 18.0 Å². The summed E-state index contributed by atoms with van der Waals surface area (Å²) in [6, 6.07) is -1.06. The SMILES string of the molecule is C/C(=C\C(C(C)C)N(C)C(=O)C(NC(=O)[C@H]1CCCCN1C(C)C)C(C)(C)C)C(=O)O. The maximum absolute atomic E-state index is 13.5. The third-order valence-electron chi connectivity index (χ3n) is 6.15. The third kappa shape index (κ3) is 7.34. The van der Waals surface area contributed by atoms with Crippen LogP contribution < -0.4 is 5.32 Å². The molecule has 0 spiro atoms. The van der Waals surface area contributed by atoms with Crippen LogP contribution in [0, 0.1) is 11.3 Å². The number of piperidine rings is 1. The summed E-state index contributed by atoms with van der Waals surface area (Å²) in [7, 11) is 1.69. The predicted octanol–water partition coefficient (Wildman–Crippen LogP) is 3.29. The molecule has 0 aromatic rings. The Bertz CT molecular complexity index is 679. The van der Waals surface area contributed by atoms with Crippen molar-refractivity contribution in [1.82, 2.24) is 15.1 Å². The predicted molar refractivity (Wildman–Crippen MR) is 124 cm³/mol. The van der Waals surface area contributed by atoms with Crippen LogP contribution >= 0.6 is 0 Å². The number of nitrogens with one attached hydrogen (secondary N) is 1. The number of aliphatic carboxylic acids is 1. The molecule has 2 unspecified atom stereocenters. The molecule has 1 fully saturated rings. The molecule has 7 nitrogen and oxygen atoms in total. The van der Waals surface area contributed by atoms with Crippen LogP contribution in [-0.2, 0) is 14.4 Å². The van der Waals surface area contributed by atoms with Crippen molar-refractivity contribution in [2.75, 3.05) is 13.6 Å². The third-order valence-corrected chi connectivity index (χ3v) is 6.15. The lowest BCUT2D eigenvalue weighted by Crippen LogP contribution is -2.60. The highest BCUT2D eigenvalue weighted by atomic mass is 16.4. The molecule has 7 heteroatoms. The Balaban J connectivity index is 3.15. The smallest absolute Gasteiger partial charge is 0.331 e. The highest BCUT2D eigenvalue weighted by Crippen LogP contribution is 2.25. The molecule has 2 N–H and O–H groups in total. The quantitative estimate of drug-likeness (QED) is 0.569. The maximum atomic E-state index is 13.5. The summed E-state index contributed by atoms with van der Waals surface area (Å²) in [6.45, 7) is 16.3. The molecule has 1 heterocycles. The van der Waals surface area contributed by atoms with Crippen molar-refractivity contribution < 1.29 is 19.5 Å². The zero-order valence-corrected chi connectivity index (χ0v) is 20.9. The Labute approximate surface area is 188 Å². The molecule has 1 aliphatic rings. The van der Waals surface area contributed by atoms with Gasteiger partial charge in [0.1, 0.15) is 6.04 Å². The van der Waals surface area contributed by atoms with Crippen molar-refractivity contribution in [3.63, 3.8) is 0 Å². The van der Waals surface area contributed by atoms with E-state index in [9.17, 15) is 19.5 Å². The first-order valence-corrected chi connectivity index (χ1v) is 11.4. The van der Waals surface area contributed by atoms with Crippen molar-refractivity contribution >= 4 is 17.8 Å². The minimum atomic E-state index is -1.00. The Kier molecular flexibility index (Phi) is 9.73. The number of nitrogens with zero attached hydrogens (tertiary/aromatic N) is 2. The summed E-state index contributed by atoms with van der Waals surface area (Å²) in [5.74, 6) is -1.29. The molecule has 0 bridgehead atoms. The largest absolute Gasteiger partial charge is 0.478 e. The second-order valence-electron chi connectivity index (χ2n) is 10.5. The molecule has 2 amide bonds. The van der Waals surface area contributed by atoms with E-state index in [1.165, 1.54) is 6.92 Å². The van der Waals surface area contributed by atoms with Gasteiger partial charge in [-0.25, -0.2) is 4.79 Å². The minimum Gasteiger partial charge on any atom is -0.478 e. The van der Waals surface area contributed by atoms with Crippen molar-refractivity contribution in [1.29, 1.82) is 0 Å². The molecule has 0 aromatic carbocycles. The standard InChI is InChI=1S/C24H43N3O4/c1-15(2)19(14-17(5)23(30)31)26(9)22(29)20(24(6,7)8)25-21(28)18-12-10-11-13-27(18)16(3)4/h14-16,18-20H,10-13H2,1-9H3,(H,25,28)(H,30,31)/b17-14+/t18-,19?,20?/m1/s1. The lowest BCUT2D eigenvalue weighted by atomic mass is 9.84. The second-order valence-corrected chi connectivity index (χ2v) is 10.5. The first-order chi connectivity index (χ1) is 14.2. The van der Waals surface area contributed by atoms with Gasteiger partial charge in [0.25, 0.3) is 0 Å². The first kappa shape index (κ1) is 27.1. The lowest BCUT2D eigenvalue weighted by Gasteiger charge is -2.41. The monoisotopic (exact) mass is 437 g/mol. The van der Waals surface area contributed by atoms with Crippen molar-refractivity contribution in [2.24, 2.45) is 11.3 Å². The number of carbonyl (C=O) groups is 3. The Morgan fingerprint density at radius 1 is 1.13 bits per heavy atom. The van der Waals surface area contributed by atoms with Crippen LogP contribution in [0.5, 0.6) is 0 Å². The lowest BCUT2D eigenvalue weighted by molar-refractivity contribution is -0.142. The summed E-state index contributed by atoms with van der Waals surface area (Å²) in [5.41, 5.74) is -0.296. The van der Waals surface area contributed by atoms with Gasteiger partial charge >= 0.3 is 5.97 Å². The van der Waals surface area contributed by atoms with Gasteiger partial charge in [-0.1, -0.05) is 47.1 Å². The molecule has 1 saturated heterocycles. The van der Waals surface area contributed by atoms with Gasteiger partial charge in [-0.15, -0.1) is 0 Å². The van der Waals surface area contributed by atoms with Gasteiger partial charge < -0.3 is 15.3 Å². The summed E-state index contributed by atoms with van der Waals surface area (Å²) in [4.78, 5) is 41.9. The summed E-state index contributed by atoms with van der Waals surface area (Å²) >= 11 is 0. The van der Waals surface area contributed by atoms with E-state index in [0.29, 0.717) is 0 Å². The molecule has 0 aliphatic carbocycles. The van der Waals surface area contributed by atoms with Gasteiger partial charge in [0.05, 0.1) is 12.1 Å². The summed E-state index contributed by atoms with van der Waals surface area (Å²) in [5, 5.41) is 12.3. The van der Waals surface area contributed by atoms with E-state index in [2.05, 4.69) is 24.1 Å². The first-order valence-electron chi connectivity index (χ1n) is 11.4. The fourth-order valence-corrected chi connectivity index (χ4v) is 4.17. The van der Waals surface area contributed by atoms with Crippen LogP contribution in [0.3, 0.4) is 0 Å². The van der Waals surface area contributed by atoms with Crippen LogP contribution in [0.2, 0.25) is 0 Å². The molecule has 0 saturated carbocycles. The van der Waals surface area contributed by atoms with Gasteiger partial charge in [0.2, 0.25) is 11.8 Å². The van der Waals surface area contributed by atoms with E-state index in [4.69, 9.17) is 0 Å². The van der Waals surface area contributed by atoms with Crippen LogP contribution in [0.1, 0.15) is 74.7 Å². The fourth-order valence-electron chi connectivity index (χ4n) is 4.17. The van der Waals surface area contributed by atoms with Gasteiger partial charge in [-0.2, -0.15) is 0 Å². The number of hydrogen-bond donors (Lipinski definition) is 2. The van der Waals surface area contributed by atoms with Crippen LogP contribution in [0.15, 0.2) is 11.6 Å². The number of likely N-dealkylation sites (N-methyl/N-ethyl adjacent to an activating group) is 1. The van der Waals surface area contributed by atoms with Crippen molar-refractivity contribution in [3.8, 4) is 0 Å². The zero-order chi connectivity index (χ0) is 24.1. The Morgan fingerprint density at radius 2 is 1.71 bits per heavy atom. The fraction of sp³-hybridized carbons (Fsp3) is 0.792. The van der Waals surface area contributed by atoms with Crippen molar-refractivity contribution in [2.45, 2.75) is 98.8 Å². The van der Waals surface area contributed by atoms with Gasteiger partial charge in [0.15, 0.2) is 0 Å². The molecular weight excluding hydrogens is 394 g/mol.